The van der Waals surface area contributed by atoms with Gasteiger partial charge in [-0.2, -0.15) is 0 Å². The van der Waals surface area contributed by atoms with Crippen LogP contribution in [0.3, 0.4) is 0 Å². The van der Waals surface area contributed by atoms with Crippen molar-refractivity contribution in [3.63, 3.8) is 0 Å². The minimum atomic E-state index is -0.728. The zero-order valence-corrected chi connectivity index (χ0v) is 6.68. The largest absolute Gasteiger partial charge is 0.478 e. The highest BCUT2D eigenvalue weighted by molar-refractivity contribution is 5.44. The molecule has 4 heteroatoms. The van der Waals surface area contributed by atoms with Crippen LogP contribution in [-0.4, -0.2) is 6.61 Å². The van der Waals surface area contributed by atoms with Crippen molar-refractivity contribution in [2.45, 2.75) is 0 Å². The maximum atomic E-state index is 12.9. The van der Waals surface area contributed by atoms with Crippen LogP contribution in [-0.2, 0) is 0 Å². The molecule has 0 atom stereocenters. The quantitative estimate of drug-likeness (QED) is 0.557. The van der Waals surface area contributed by atoms with Crippen LogP contribution in [0.4, 0.5) is 14.5 Å². The molecule has 1 rings (SSSR count). The molecular formula is C9H7F2NO. The Morgan fingerprint density at radius 2 is 2.08 bits per heavy atom. The predicted molar refractivity (Wildman–Crippen MR) is 45.1 cm³/mol. The summed E-state index contributed by atoms with van der Waals surface area (Å²) < 4.78 is 30.4. The topological polar surface area (TPSA) is 35.2 Å². The normalized spacial score (nSPS) is 9.31. The summed E-state index contributed by atoms with van der Waals surface area (Å²) in [5.74, 6) is 0.447. The van der Waals surface area contributed by atoms with Crippen LogP contribution in [0, 0.1) is 24.0 Å². The zero-order valence-electron chi connectivity index (χ0n) is 6.68. The highest BCUT2D eigenvalue weighted by Gasteiger charge is 2.07. The number of hydrogen-bond donors (Lipinski definition) is 1. The first-order valence-corrected chi connectivity index (χ1v) is 3.46. The molecular weight excluding hydrogens is 176 g/mol. The van der Waals surface area contributed by atoms with E-state index in [-0.39, 0.29) is 18.0 Å². The van der Waals surface area contributed by atoms with Gasteiger partial charge in [0.05, 0.1) is 5.69 Å². The van der Waals surface area contributed by atoms with Gasteiger partial charge in [-0.3, -0.25) is 0 Å². The molecule has 0 heterocycles. The molecule has 68 valence electrons. The molecule has 0 amide bonds. The van der Waals surface area contributed by atoms with E-state index in [0.717, 1.165) is 12.1 Å². The SMILES string of the molecule is C#CCOc1cc(F)c(N)cc1F. The second kappa shape index (κ2) is 3.76. The Kier molecular flexibility index (Phi) is 2.70. The summed E-state index contributed by atoms with van der Waals surface area (Å²) in [5.41, 5.74) is 4.85. The molecule has 0 aliphatic carbocycles. The molecule has 0 fully saturated rings. The molecule has 0 bridgehead atoms. The lowest BCUT2D eigenvalue weighted by atomic mass is 10.3. The van der Waals surface area contributed by atoms with Crippen LogP contribution in [0.25, 0.3) is 0 Å². The highest BCUT2D eigenvalue weighted by atomic mass is 19.1. The molecule has 2 nitrogen and oxygen atoms in total. The van der Waals surface area contributed by atoms with Crippen LogP contribution in [0.5, 0.6) is 5.75 Å². The van der Waals surface area contributed by atoms with Crippen LogP contribution >= 0.6 is 0 Å². The summed E-state index contributed by atoms with van der Waals surface area (Å²) in [6, 6.07) is 1.71. The minimum absolute atomic E-state index is 0.111. The molecule has 1 aromatic carbocycles. The van der Waals surface area contributed by atoms with Gasteiger partial charge < -0.3 is 10.5 Å². The van der Waals surface area contributed by atoms with Crippen molar-refractivity contribution in [2.24, 2.45) is 0 Å². The third-order valence-electron chi connectivity index (χ3n) is 1.36. The number of halogens is 2. The monoisotopic (exact) mass is 183 g/mol. The number of rotatable bonds is 2. The van der Waals surface area contributed by atoms with E-state index >= 15 is 0 Å². The summed E-state index contributed by atoms with van der Waals surface area (Å²) in [6.07, 6.45) is 4.88. The van der Waals surface area contributed by atoms with Gasteiger partial charge in [-0.15, -0.1) is 6.42 Å². The molecule has 0 aliphatic rings. The third-order valence-corrected chi connectivity index (χ3v) is 1.36. The molecule has 1 aromatic rings. The van der Waals surface area contributed by atoms with E-state index in [1.807, 2.05) is 0 Å². The first-order valence-electron chi connectivity index (χ1n) is 3.46. The number of benzene rings is 1. The average Bonchev–Trinajstić information content (AvgIpc) is 2.09. The van der Waals surface area contributed by atoms with Crippen molar-refractivity contribution in [1.29, 1.82) is 0 Å². The van der Waals surface area contributed by atoms with E-state index in [0.29, 0.717) is 0 Å². The number of nitrogens with two attached hydrogens (primary N) is 1. The molecule has 0 aliphatic heterocycles. The predicted octanol–water partition coefficient (Wildman–Crippen LogP) is 1.56. The summed E-state index contributed by atoms with van der Waals surface area (Å²) in [6.45, 7) is -0.111. The standard InChI is InChI=1S/C9H7F2NO/c1-2-3-13-9-5-6(10)8(12)4-7(9)11/h1,4-5H,3,12H2. The second-order valence-corrected chi connectivity index (χ2v) is 2.30. The summed E-state index contributed by atoms with van der Waals surface area (Å²) >= 11 is 0. The first-order chi connectivity index (χ1) is 6.15. The van der Waals surface area contributed by atoms with Gasteiger partial charge >= 0.3 is 0 Å². The van der Waals surface area contributed by atoms with Crippen molar-refractivity contribution in [3.8, 4) is 18.1 Å². The van der Waals surface area contributed by atoms with Crippen molar-refractivity contribution in [3.05, 3.63) is 23.8 Å². The third kappa shape index (κ3) is 2.09. The van der Waals surface area contributed by atoms with Crippen LogP contribution in [0.1, 0.15) is 0 Å². The Morgan fingerprint density at radius 1 is 1.38 bits per heavy atom. The number of ether oxygens (including phenoxy) is 1. The Balaban J connectivity index is 2.96. The lowest BCUT2D eigenvalue weighted by Crippen LogP contribution is -1.99. The molecule has 0 unspecified atom stereocenters. The van der Waals surface area contributed by atoms with E-state index in [1.165, 1.54) is 0 Å². The van der Waals surface area contributed by atoms with Gasteiger partial charge in [-0.25, -0.2) is 8.78 Å². The maximum absolute atomic E-state index is 12.9. The molecule has 2 N–H and O–H groups in total. The molecule has 0 aromatic heterocycles. The summed E-state index contributed by atoms with van der Waals surface area (Å²) in [4.78, 5) is 0. The first kappa shape index (κ1) is 9.33. The molecule has 13 heavy (non-hydrogen) atoms. The molecule has 0 spiro atoms. The van der Waals surface area contributed by atoms with Gasteiger partial charge in [0, 0.05) is 12.1 Å². The Hall–Kier alpha value is -1.76. The zero-order chi connectivity index (χ0) is 9.84. The molecule has 0 radical (unpaired) electrons. The van der Waals surface area contributed by atoms with Gasteiger partial charge in [0.15, 0.2) is 11.6 Å². The fourth-order valence-electron chi connectivity index (χ4n) is 0.774. The smallest absolute Gasteiger partial charge is 0.167 e. The summed E-state index contributed by atoms with van der Waals surface area (Å²) in [7, 11) is 0. The van der Waals surface area contributed by atoms with Crippen molar-refractivity contribution in [2.75, 3.05) is 12.3 Å². The van der Waals surface area contributed by atoms with Gasteiger partial charge in [0.1, 0.15) is 12.4 Å². The van der Waals surface area contributed by atoms with E-state index in [9.17, 15) is 8.78 Å². The lowest BCUT2D eigenvalue weighted by Gasteiger charge is -2.04. The Morgan fingerprint density at radius 3 is 2.69 bits per heavy atom. The van der Waals surface area contributed by atoms with E-state index < -0.39 is 11.6 Å². The fourth-order valence-corrected chi connectivity index (χ4v) is 0.774. The Labute approximate surface area is 74.3 Å². The van der Waals surface area contributed by atoms with Crippen molar-refractivity contribution in [1.82, 2.24) is 0 Å². The van der Waals surface area contributed by atoms with E-state index in [4.69, 9.17) is 16.9 Å². The van der Waals surface area contributed by atoms with Crippen molar-refractivity contribution >= 4 is 5.69 Å². The second-order valence-electron chi connectivity index (χ2n) is 2.30. The lowest BCUT2D eigenvalue weighted by molar-refractivity contribution is 0.346. The number of nitrogen functional groups attached to an aromatic ring is 1. The van der Waals surface area contributed by atoms with Crippen LogP contribution in [0.2, 0.25) is 0 Å². The summed E-state index contributed by atoms with van der Waals surface area (Å²) in [5, 5.41) is 0. The van der Waals surface area contributed by atoms with Crippen LogP contribution in [0.15, 0.2) is 12.1 Å². The molecule has 0 saturated carbocycles. The number of hydrogen-bond acceptors (Lipinski definition) is 2. The van der Waals surface area contributed by atoms with Gasteiger partial charge in [-0.1, -0.05) is 5.92 Å². The van der Waals surface area contributed by atoms with Crippen molar-refractivity contribution < 1.29 is 13.5 Å². The number of terminal acetylenes is 1. The van der Waals surface area contributed by atoms with Gasteiger partial charge in [0.25, 0.3) is 0 Å². The fraction of sp³-hybridized carbons (Fsp3) is 0.111. The van der Waals surface area contributed by atoms with Gasteiger partial charge in [0.2, 0.25) is 0 Å². The minimum Gasteiger partial charge on any atom is -0.478 e. The van der Waals surface area contributed by atoms with Gasteiger partial charge in [-0.05, 0) is 0 Å². The van der Waals surface area contributed by atoms with E-state index in [1.54, 1.807) is 0 Å². The average molecular weight is 183 g/mol. The number of anilines is 1. The van der Waals surface area contributed by atoms with E-state index in [2.05, 4.69) is 5.92 Å². The van der Waals surface area contributed by atoms with Crippen LogP contribution < -0.4 is 10.5 Å². The molecule has 0 saturated heterocycles. The Bertz CT molecular complexity index is 357. The maximum Gasteiger partial charge on any atom is 0.167 e. The highest BCUT2D eigenvalue weighted by Crippen LogP contribution is 2.22.